The summed E-state index contributed by atoms with van der Waals surface area (Å²) in [4.78, 5) is 0. The predicted molar refractivity (Wildman–Crippen MR) is 91.9 cm³/mol. The van der Waals surface area contributed by atoms with E-state index in [1.165, 1.54) is 0 Å². The molecule has 0 aliphatic carbocycles. The van der Waals surface area contributed by atoms with Crippen molar-refractivity contribution in [3.63, 3.8) is 0 Å². The van der Waals surface area contributed by atoms with Gasteiger partial charge in [0.15, 0.2) is 0 Å². The van der Waals surface area contributed by atoms with Crippen molar-refractivity contribution < 1.29 is 18.4 Å². The van der Waals surface area contributed by atoms with E-state index in [9.17, 15) is 5.11 Å². The van der Waals surface area contributed by atoms with Crippen LogP contribution >= 0.6 is 0 Å². The van der Waals surface area contributed by atoms with Gasteiger partial charge < -0.3 is 18.4 Å². The zero-order valence-electron chi connectivity index (χ0n) is 15.3. The van der Waals surface area contributed by atoms with Crippen LogP contribution in [0.4, 0.5) is 0 Å². The van der Waals surface area contributed by atoms with Crippen molar-refractivity contribution in [2.24, 2.45) is 0 Å². The summed E-state index contributed by atoms with van der Waals surface area (Å²) in [6.45, 7) is 12.5. The first-order valence-corrected chi connectivity index (χ1v) is 9.19. The van der Waals surface area contributed by atoms with Crippen LogP contribution in [-0.2, 0) is 24.1 Å². The molecule has 22 heavy (non-hydrogen) atoms. The van der Waals surface area contributed by atoms with Gasteiger partial charge >= 0.3 is 8.80 Å². The van der Waals surface area contributed by atoms with Gasteiger partial charge in [-0.1, -0.05) is 41.5 Å². The van der Waals surface area contributed by atoms with Crippen LogP contribution in [0.15, 0.2) is 12.1 Å². The highest BCUT2D eigenvalue weighted by Crippen LogP contribution is 2.38. The molecular weight excluding hydrogens is 296 g/mol. The van der Waals surface area contributed by atoms with Crippen molar-refractivity contribution in [3.8, 4) is 5.75 Å². The molecule has 4 nitrogen and oxygen atoms in total. The van der Waals surface area contributed by atoms with Crippen LogP contribution < -0.4 is 5.19 Å². The summed E-state index contributed by atoms with van der Waals surface area (Å²) in [5.74, 6) is 0.343. The van der Waals surface area contributed by atoms with Crippen LogP contribution in [0.2, 0.25) is 0 Å². The van der Waals surface area contributed by atoms with Gasteiger partial charge in [-0.05, 0) is 34.1 Å². The Kier molecular flexibility index (Phi) is 5.50. The van der Waals surface area contributed by atoms with Gasteiger partial charge in [0.25, 0.3) is 0 Å². The van der Waals surface area contributed by atoms with Gasteiger partial charge in [-0.15, -0.1) is 0 Å². The van der Waals surface area contributed by atoms with Crippen molar-refractivity contribution in [1.82, 2.24) is 0 Å². The van der Waals surface area contributed by atoms with Crippen LogP contribution in [0.1, 0.15) is 52.7 Å². The molecule has 1 aromatic rings. The van der Waals surface area contributed by atoms with Crippen molar-refractivity contribution >= 4 is 14.0 Å². The Morgan fingerprint density at radius 1 is 0.773 bits per heavy atom. The first-order valence-electron chi connectivity index (χ1n) is 7.47. The molecule has 1 rings (SSSR count). The highest BCUT2D eigenvalue weighted by atomic mass is 28.4. The van der Waals surface area contributed by atoms with E-state index in [1.54, 1.807) is 21.3 Å². The van der Waals surface area contributed by atoms with Crippen LogP contribution in [0, 0.1) is 0 Å². The minimum Gasteiger partial charge on any atom is -0.507 e. The Bertz CT molecular complexity index is 479. The average Bonchev–Trinajstić information content (AvgIpc) is 2.40. The van der Waals surface area contributed by atoms with Gasteiger partial charge in [-0.2, -0.15) is 0 Å². The van der Waals surface area contributed by atoms with E-state index < -0.39 is 8.80 Å². The average molecular weight is 327 g/mol. The van der Waals surface area contributed by atoms with Gasteiger partial charge in [0.05, 0.1) is 0 Å². The Balaban J connectivity index is 3.75. The van der Waals surface area contributed by atoms with Crippen LogP contribution in [-0.4, -0.2) is 35.2 Å². The normalized spacial score (nSPS) is 13.5. The first kappa shape index (κ1) is 19.2. The van der Waals surface area contributed by atoms with E-state index in [-0.39, 0.29) is 10.8 Å². The Morgan fingerprint density at radius 3 is 1.32 bits per heavy atom. The number of rotatable bonds is 4. The molecule has 0 unspecified atom stereocenters. The second-order valence-corrected chi connectivity index (χ2v) is 10.5. The molecule has 1 aromatic carbocycles. The summed E-state index contributed by atoms with van der Waals surface area (Å²) in [5.41, 5.74) is 1.35. The quantitative estimate of drug-likeness (QED) is 0.864. The maximum atomic E-state index is 10.8. The Hall–Kier alpha value is -0.883. The molecule has 5 heteroatoms. The van der Waals surface area contributed by atoms with E-state index in [1.807, 2.05) is 12.1 Å². The summed E-state index contributed by atoms with van der Waals surface area (Å²) in [6.07, 6.45) is 0. The summed E-state index contributed by atoms with van der Waals surface area (Å²) in [7, 11) is 1.84. The monoisotopic (exact) mass is 326 g/mol. The zero-order valence-corrected chi connectivity index (χ0v) is 16.3. The third kappa shape index (κ3) is 3.54. The van der Waals surface area contributed by atoms with Crippen molar-refractivity contribution in [2.75, 3.05) is 21.3 Å². The Morgan fingerprint density at radius 2 is 1.09 bits per heavy atom. The van der Waals surface area contributed by atoms with Gasteiger partial charge in [0, 0.05) is 26.5 Å². The fourth-order valence-electron chi connectivity index (χ4n) is 2.56. The van der Waals surface area contributed by atoms with E-state index in [0.29, 0.717) is 5.75 Å². The lowest BCUT2D eigenvalue weighted by atomic mass is 9.79. The maximum Gasteiger partial charge on any atom is 0.536 e. The van der Waals surface area contributed by atoms with Gasteiger partial charge in [0.2, 0.25) is 0 Å². The molecule has 0 saturated carbocycles. The number of aromatic hydroxyl groups is 1. The zero-order chi connectivity index (χ0) is 17.3. The van der Waals surface area contributed by atoms with Crippen LogP contribution in [0.3, 0.4) is 0 Å². The molecule has 0 fully saturated rings. The second kappa shape index (κ2) is 6.32. The van der Waals surface area contributed by atoms with Crippen molar-refractivity contribution in [1.29, 1.82) is 0 Å². The van der Waals surface area contributed by atoms with Gasteiger partial charge in [-0.25, -0.2) is 0 Å². The minimum absolute atomic E-state index is 0.199. The molecule has 0 atom stereocenters. The molecule has 0 heterocycles. The molecule has 0 bridgehead atoms. The lowest BCUT2D eigenvalue weighted by Crippen LogP contribution is -2.55. The molecule has 0 saturated heterocycles. The predicted octanol–water partition coefficient (Wildman–Crippen LogP) is 3.07. The highest BCUT2D eigenvalue weighted by molar-refractivity contribution is 6.75. The van der Waals surface area contributed by atoms with Gasteiger partial charge in [-0.3, -0.25) is 0 Å². The molecule has 0 aromatic heterocycles. The lowest BCUT2D eigenvalue weighted by molar-refractivity contribution is 0.140. The maximum absolute atomic E-state index is 10.8. The number of benzene rings is 1. The second-order valence-electron chi connectivity index (χ2n) is 7.59. The summed E-state index contributed by atoms with van der Waals surface area (Å²) in [5, 5.41) is 11.6. The summed E-state index contributed by atoms with van der Waals surface area (Å²) < 4.78 is 16.8. The fraction of sp³-hybridized carbons (Fsp3) is 0.647. The van der Waals surface area contributed by atoms with Crippen molar-refractivity contribution in [2.45, 2.75) is 52.4 Å². The topological polar surface area (TPSA) is 47.9 Å². The van der Waals surface area contributed by atoms with E-state index in [0.717, 1.165) is 16.3 Å². The molecule has 0 amide bonds. The number of hydrogen-bond acceptors (Lipinski definition) is 4. The SMILES string of the molecule is CO[Si](OC)(OC)c1cc(C(C)(C)C)c(O)c(C(C)(C)C)c1. The molecule has 126 valence electrons. The van der Waals surface area contributed by atoms with Gasteiger partial charge in [0.1, 0.15) is 5.75 Å². The number of phenols is 1. The standard InChI is InChI=1S/C17H30O4Si/c1-16(2,3)13-10-12(22(19-7,20-8)21-9)11-14(15(13)18)17(4,5)6/h10-11,18H,1-9H3. The summed E-state index contributed by atoms with van der Waals surface area (Å²) >= 11 is 0. The summed E-state index contributed by atoms with van der Waals surface area (Å²) in [6, 6.07) is 3.90. The molecule has 0 aliphatic heterocycles. The van der Waals surface area contributed by atoms with E-state index in [2.05, 4.69) is 41.5 Å². The number of phenolic OH excluding ortho intramolecular Hbond substituents is 1. The Labute approximate surface area is 135 Å². The largest absolute Gasteiger partial charge is 0.536 e. The third-order valence-electron chi connectivity index (χ3n) is 3.89. The third-order valence-corrected chi connectivity index (χ3v) is 6.49. The van der Waals surface area contributed by atoms with E-state index in [4.69, 9.17) is 13.3 Å². The molecule has 0 radical (unpaired) electrons. The molecule has 1 N–H and O–H groups in total. The fourth-order valence-corrected chi connectivity index (χ4v) is 4.41. The first-order chi connectivity index (χ1) is 9.93. The van der Waals surface area contributed by atoms with Crippen LogP contribution in [0.25, 0.3) is 0 Å². The number of hydrogen-bond donors (Lipinski definition) is 1. The smallest absolute Gasteiger partial charge is 0.507 e. The van der Waals surface area contributed by atoms with E-state index >= 15 is 0 Å². The molecular formula is C17H30O4Si. The minimum atomic E-state index is -2.95. The lowest BCUT2D eigenvalue weighted by Gasteiger charge is -2.31. The molecule has 0 aliphatic rings. The van der Waals surface area contributed by atoms with Crippen LogP contribution in [0.5, 0.6) is 5.75 Å². The molecule has 0 spiro atoms. The highest BCUT2D eigenvalue weighted by Gasteiger charge is 2.43. The van der Waals surface area contributed by atoms with Crippen molar-refractivity contribution in [3.05, 3.63) is 23.3 Å².